The Bertz CT molecular complexity index is 358. The fraction of sp³-hybridized carbons (Fsp3) is 0.786. The van der Waals surface area contributed by atoms with Crippen LogP contribution in [0.3, 0.4) is 0 Å². The van der Waals surface area contributed by atoms with Crippen LogP contribution in [0.5, 0.6) is 5.75 Å². The maximum Gasteiger partial charge on any atom is 0.158 e. The summed E-state index contributed by atoms with van der Waals surface area (Å²) < 4.78 is 8.09. The maximum absolute atomic E-state index is 6.18. The van der Waals surface area contributed by atoms with Crippen LogP contribution in [-0.2, 0) is 6.54 Å². The molecule has 0 unspecified atom stereocenters. The molecule has 0 aliphatic heterocycles. The molecule has 0 saturated heterocycles. The second kappa shape index (κ2) is 6.23. The van der Waals surface area contributed by atoms with E-state index in [4.69, 9.17) is 4.74 Å². The van der Waals surface area contributed by atoms with Gasteiger partial charge in [0.2, 0.25) is 0 Å². The molecule has 1 N–H and O–H groups in total. The molecule has 0 amide bonds. The Hall–Kier alpha value is -1.03. The number of aryl methyl sites for hydroxylation is 1. The summed E-state index contributed by atoms with van der Waals surface area (Å²) in [5, 5.41) is 7.72. The molecule has 1 aromatic heterocycles. The van der Waals surface area contributed by atoms with Crippen molar-refractivity contribution in [1.29, 1.82) is 0 Å². The van der Waals surface area contributed by atoms with E-state index in [-0.39, 0.29) is 5.60 Å². The van der Waals surface area contributed by atoms with Crippen LogP contribution >= 0.6 is 0 Å². The normalized spacial score (nSPS) is 17.4. The number of aromatic nitrogens is 2. The lowest BCUT2D eigenvalue weighted by Crippen LogP contribution is -2.45. The molecular weight excluding hydrogens is 226 g/mol. The summed E-state index contributed by atoms with van der Waals surface area (Å²) in [6.45, 7) is 7.33. The molecule has 0 spiro atoms. The number of rotatable bonds is 8. The molecule has 1 aliphatic rings. The Morgan fingerprint density at radius 2 is 2.22 bits per heavy atom. The van der Waals surface area contributed by atoms with Gasteiger partial charge in [-0.3, -0.25) is 4.68 Å². The molecule has 1 saturated carbocycles. The first kappa shape index (κ1) is 13.4. The van der Waals surface area contributed by atoms with Crippen molar-refractivity contribution in [2.75, 3.05) is 13.1 Å². The van der Waals surface area contributed by atoms with Gasteiger partial charge < -0.3 is 10.1 Å². The first-order chi connectivity index (χ1) is 8.78. The Kier molecular flexibility index (Phi) is 4.64. The number of nitrogens with one attached hydrogen (secondary N) is 1. The third kappa shape index (κ3) is 3.25. The van der Waals surface area contributed by atoms with Crippen LogP contribution in [0.2, 0.25) is 0 Å². The van der Waals surface area contributed by atoms with Crippen LogP contribution in [0.25, 0.3) is 0 Å². The van der Waals surface area contributed by atoms with Crippen molar-refractivity contribution in [1.82, 2.24) is 15.1 Å². The highest BCUT2D eigenvalue weighted by Gasteiger charge is 2.39. The van der Waals surface area contributed by atoms with Crippen molar-refractivity contribution in [3.05, 3.63) is 12.4 Å². The van der Waals surface area contributed by atoms with Crippen molar-refractivity contribution in [2.45, 2.75) is 58.1 Å². The zero-order valence-electron chi connectivity index (χ0n) is 11.6. The molecule has 0 bridgehead atoms. The average Bonchev–Trinajstić information content (AvgIpc) is 2.78. The predicted octanol–water partition coefficient (Wildman–Crippen LogP) is 2.59. The van der Waals surface area contributed by atoms with Gasteiger partial charge in [-0.25, -0.2) is 0 Å². The van der Waals surface area contributed by atoms with Crippen molar-refractivity contribution in [3.8, 4) is 5.75 Å². The molecule has 2 rings (SSSR count). The second-order valence-corrected chi connectivity index (χ2v) is 5.17. The average molecular weight is 251 g/mol. The van der Waals surface area contributed by atoms with Crippen molar-refractivity contribution in [3.63, 3.8) is 0 Å². The van der Waals surface area contributed by atoms with Gasteiger partial charge in [0.15, 0.2) is 5.75 Å². The van der Waals surface area contributed by atoms with E-state index in [0.717, 1.165) is 31.8 Å². The number of ether oxygens (including phenoxy) is 1. The smallest absolute Gasteiger partial charge is 0.158 e. The molecule has 0 atom stereocenters. The maximum atomic E-state index is 6.18. The largest absolute Gasteiger partial charge is 0.484 e. The fourth-order valence-electron chi connectivity index (χ4n) is 2.41. The van der Waals surface area contributed by atoms with Crippen LogP contribution in [-0.4, -0.2) is 28.5 Å². The molecule has 1 fully saturated rings. The zero-order valence-corrected chi connectivity index (χ0v) is 11.6. The lowest BCUT2D eigenvalue weighted by atomic mass is 9.77. The van der Waals surface area contributed by atoms with E-state index >= 15 is 0 Å². The topological polar surface area (TPSA) is 39.1 Å². The Morgan fingerprint density at radius 1 is 1.39 bits per heavy atom. The summed E-state index contributed by atoms with van der Waals surface area (Å²) in [6.07, 6.45) is 9.77. The molecule has 4 nitrogen and oxygen atoms in total. The van der Waals surface area contributed by atoms with Crippen molar-refractivity contribution < 1.29 is 4.74 Å². The Labute approximate surface area is 110 Å². The Balaban J connectivity index is 1.83. The van der Waals surface area contributed by atoms with E-state index in [1.807, 2.05) is 17.1 Å². The van der Waals surface area contributed by atoms with Crippen LogP contribution < -0.4 is 10.1 Å². The van der Waals surface area contributed by atoms with Crippen LogP contribution in [0.4, 0.5) is 0 Å². The van der Waals surface area contributed by atoms with E-state index in [1.165, 1.54) is 25.7 Å². The minimum absolute atomic E-state index is 0.0718. The quantitative estimate of drug-likeness (QED) is 0.722. The third-order valence-electron chi connectivity index (χ3n) is 3.72. The molecule has 0 radical (unpaired) electrons. The summed E-state index contributed by atoms with van der Waals surface area (Å²) in [4.78, 5) is 0. The molecular formula is C14H25N3O. The van der Waals surface area contributed by atoms with Crippen LogP contribution in [0, 0.1) is 0 Å². The van der Waals surface area contributed by atoms with Crippen LogP contribution in [0.15, 0.2) is 12.4 Å². The van der Waals surface area contributed by atoms with Gasteiger partial charge in [-0.15, -0.1) is 0 Å². The number of hydrogen-bond acceptors (Lipinski definition) is 3. The summed E-state index contributed by atoms with van der Waals surface area (Å²) in [5.41, 5.74) is 0.0718. The van der Waals surface area contributed by atoms with Gasteiger partial charge in [-0.1, -0.05) is 6.92 Å². The number of hydrogen-bond donors (Lipinski definition) is 1. The summed E-state index contributed by atoms with van der Waals surface area (Å²) in [6, 6.07) is 0. The van der Waals surface area contributed by atoms with Gasteiger partial charge in [-0.05, 0) is 52.1 Å². The van der Waals surface area contributed by atoms with E-state index in [9.17, 15) is 0 Å². The van der Waals surface area contributed by atoms with Gasteiger partial charge in [0.05, 0.1) is 12.4 Å². The zero-order chi connectivity index (χ0) is 12.8. The molecule has 1 aromatic rings. The molecule has 1 heterocycles. The van der Waals surface area contributed by atoms with Gasteiger partial charge in [-0.2, -0.15) is 5.10 Å². The second-order valence-electron chi connectivity index (χ2n) is 5.17. The Morgan fingerprint density at radius 3 is 2.78 bits per heavy atom. The third-order valence-corrected chi connectivity index (χ3v) is 3.72. The molecule has 0 aromatic carbocycles. The van der Waals surface area contributed by atoms with Crippen molar-refractivity contribution >= 4 is 0 Å². The van der Waals surface area contributed by atoms with Gasteiger partial charge >= 0.3 is 0 Å². The summed E-state index contributed by atoms with van der Waals surface area (Å²) >= 11 is 0. The van der Waals surface area contributed by atoms with Gasteiger partial charge in [0, 0.05) is 6.54 Å². The molecule has 18 heavy (non-hydrogen) atoms. The minimum atomic E-state index is 0.0718. The molecule has 4 heteroatoms. The predicted molar refractivity (Wildman–Crippen MR) is 72.9 cm³/mol. The van der Waals surface area contributed by atoms with Crippen LogP contribution in [0.1, 0.15) is 46.0 Å². The fourth-order valence-corrected chi connectivity index (χ4v) is 2.41. The van der Waals surface area contributed by atoms with Crippen molar-refractivity contribution in [2.24, 2.45) is 0 Å². The highest BCUT2D eigenvalue weighted by molar-refractivity contribution is 5.14. The highest BCUT2D eigenvalue weighted by Crippen LogP contribution is 2.39. The first-order valence-corrected chi connectivity index (χ1v) is 7.20. The highest BCUT2D eigenvalue weighted by atomic mass is 16.5. The van der Waals surface area contributed by atoms with E-state index in [1.54, 1.807) is 0 Å². The summed E-state index contributed by atoms with van der Waals surface area (Å²) in [7, 11) is 0. The lowest BCUT2D eigenvalue weighted by molar-refractivity contribution is -0.0142. The lowest BCUT2D eigenvalue weighted by Gasteiger charge is -2.41. The number of nitrogens with zero attached hydrogens (tertiary/aromatic N) is 2. The van der Waals surface area contributed by atoms with Gasteiger partial charge in [0.25, 0.3) is 0 Å². The molecule has 102 valence electrons. The van der Waals surface area contributed by atoms with Gasteiger partial charge in [0.1, 0.15) is 5.60 Å². The molecule has 1 aliphatic carbocycles. The first-order valence-electron chi connectivity index (χ1n) is 7.20. The monoisotopic (exact) mass is 251 g/mol. The minimum Gasteiger partial charge on any atom is -0.484 e. The van der Waals surface area contributed by atoms with E-state index in [0.29, 0.717) is 0 Å². The SMILES string of the molecule is CCCNCCC1(Oc2cnn(CC)c2)CCC1. The van der Waals surface area contributed by atoms with E-state index in [2.05, 4.69) is 24.3 Å². The standard InChI is InChI=1S/C14H25N3O/c1-3-9-15-10-8-14(6-5-7-14)18-13-11-16-17(4-2)12-13/h11-12,15H,3-10H2,1-2H3. The van der Waals surface area contributed by atoms with E-state index < -0.39 is 0 Å². The summed E-state index contributed by atoms with van der Waals surface area (Å²) in [5.74, 6) is 0.923.